The Balaban J connectivity index is 1.75. The number of phenols is 1. The number of ether oxygens (including phenoxy) is 1. The number of benzene rings is 2. The number of hydrazone groups is 1. The predicted octanol–water partition coefficient (Wildman–Crippen LogP) is 3.25. The average Bonchev–Trinajstić information content (AvgIpc) is 2.68. The number of carbonyl (C=O) groups is 1. The molecule has 0 aliphatic rings. The molecule has 0 atom stereocenters. The number of hydrogen-bond acceptors (Lipinski definition) is 7. The van der Waals surface area contributed by atoms with Gasteiger partial charge in [-0.05, 0) is 17.7 Å². The topological polar surface area (TPSA) is 114 Å². The first-order valence-electron chi connectivity index (χ1n) is 8.19. The van der Waals surface area contributed by atoms with Crippen LogP contribution < -0.4 is 10.2 Å². The Kier molecular flexibility index (Phi) is 8.04. The maximum atomic E-state index is 11.8. The summed E-state index contributed by atoms with van der Waals surface area (Å²) in [6.45, 7) is 3.88. The number of phenolic OH excluding ortho intramolecular Hbond substituents is 1. The SMILES string of the molecule is C=CCOc1ccc(/C=N\NC(=O)CSCc2ccc([N+](=O)[O-])cc2)c(O)c1. The van der Waals surface area contributed by atoms with Crippen molar-refractivity contribution >= 4 is 29.6 Å². The van der Waals surface area contributed by atoms with E-state index in [9.17, 15) is 20.0 Å². The molecule has 2 aromatic rings. The van der Waals surface area contributed by atoms with Crippen molar-refractivity contribution in [3.63, 3.8) is 0 Å². The van der Waals surface area contributed by atoms with Gasteiger partial charge in [-0.1, -0.05) is 24.8 Å². The molecule has 0 radical (unpaired) electrons. The number of nitro groups is 1. The number of aromatic hydroxyl groups is 1. The third-order valence-electron chi connectivity index (χ3n) is 3.41. The van der Waals surface area contributed by atoms with Crippen molar-refractivity contribution < 1.29 is 19.6 Å². The molecule has 0 aliphatic heterocycles. The quantitative estimate of drug-likeness (QED) is 0.273. The van der Waals surface area contributed by atoms with Crippen molar-refractivity contribution in [1.82, 2.24) is 5.43 Å². The van der Waals surface area contributed by atoms with Crippen LogP contribution in [0.4, 0.5) is 5.69 Å². The number of nitro benzene ring substituents is 1. The summed E-state index contributed by atoms with van der Waals surface area (Å²) in [6, 6.07) is 10.9. The van der Waals surface area contributed by atoms with Gasteiger partial charge < -0.3 is 9.84 Å². The number of rotatable bonds is 10. The molecule has 2 N–H and O–H groups in total. The average molecular weight is 401 g/mol. The third kappa shape index (κ3) is 6.76. The van der Waals surface area contributed by atoms with E-state index >= 15 is 0 Å². The molecule has 0 saturated heterocycles. The van der Waals surface area contributed by atoms with Crippen molar-refractivity contribution in [3.8, 4) is 11.5 Å². The summed E-state index contributed by atoms with van der Waals surface area (Å²) in [4.78, 5) is 21.9. The Bertz CT molecular complexity index is 868. The minimum Gasteiger partial charge on any atom is -0.507 e. The summed E-state index contributed by atoms with van der Waals surface area (Å²) in [7, 11) is 0. The molecule has 0 unspecified atom stereocenters. The summed E-state index contributed by atoms with van der Waals surface area (Å²) in [5.41, 5.74) is 3.73. The van der Waals surface area contributed by atoms with Gasteiger partial charge in [0.15, 0.2) is 0 Å². The molecule has 0 heterocycles. The van der Waals surface area contributed by atoms with Crippen molar-refractivity contribution in [1.29, 1.82) is 0 Å². The Labute approximate surface area is 166 Å². The predicted molar refractivity (Wildman–Crippen MR) is 109 cm³/mol. The second-order valence-electron chi connectivity index (χ2n) is 5.53. The summed E-state index contributed by atoms with van der Waals surface area (Å²) >= 11 is 1.36. The maximum Gasteiger partial charge on any atom is 0.269 e. The van der Waals surface area contributed by atoms with Crippen LogP contribution in [-0.2, 0) is 10.5 Å². The highest BCUT2D eigenvalue weighted by molar-refractivity contribution is 7.99. The molecule has 2 rings (SSSR count). The fraction of sp³-hybridized carbons (Fsp3) is 0.158. The summed E-state index contributed by atoms with van der Waals surface area (Å²) in [5.74, 6) is 0.901. The standard InChI is InChI=1S/C19H19N3O5S/c1-2-9-27-17-8-5-15(18(23)10-17)11-20-21-19(24)13-28-12-14-3-6-16(7-4-14)22(25)26/h2-8,10-11,23H,1,9,12-13H2,(H,21,24)/b20-11-. The second-order valence-corrected chi connectivity index (χ2v) is 6.52. The third-order valence-corrected chi connectivity index (χ3v) is 4.42. The van der Waals surface area contributed by atoms with Crippen LogP contribution in [0, 0.1) is 10.1 Å². The van der Waals surface area contributed by atoms with E-state index in [1.54, 1.807) is 30.3 Å². The summed E-state index contributed by atoms with van der Waals surface area (Å²) in [5, 5.41) is 24.3. The molecule has 146 valence electrons. The first-order valence-corrected chi connectivity index (χ1v) is 9.34. The van der Waals surface area contributed by atoms with E-state index in [1.807, 2.05) is 0 Å². The number of nitrogens with one attached hydrogen (secondary N) is 1. The van der Waals surface area contributed by atoms with Gasteiger partial charge in [0.2, 0.25) is 5.91 Å². The molecule has 0 fully saturated rings. The van der Waals surface area contributed by atoms with E-state index in [0.29, 0.717) is 23.7 Å². The number of thioether (sulfide) groups is 1. The number of hydrogen-bond donors (Lipinski definition) is 2. The lowest BCUT2D eigenvalue weighted by Crippen LogP contribution is -2.19. The van der Waals surface area contributed by atoms with Gasteiger partial charge in [0.25, 0.3) is 5.69 Å². The minimum absolute atomic E-state index is 0.0212. The van der Waals surface area contributed by atoms with Gasteiger partial charge in [-0.2, -0.15) is 5.10 Å². The van der Waals surface area contributed by atoms with Crippen LogP contribution in [0.3, 0.4) is 0 Å². The summed E-state index contributed by atoms with van der Waals surface area (Å²) in [6.07, 6.45) is 2.94. The zero-order chi connectivity index (χ0) is 20.4. The van der Waals surface area contributed by atoms with Gasteiger partial charge in [0.05, 0.1) is 16.9 Å². The largest absolute Gasteiger partial charge is 0.507 e. The monoisotopic (exact) mass is 401 g/mol. The Morgan fingerprint density at radius 1 is 1.32 bits per heavy atom. The molecule has 0 aromatic heterocycles. The van der Waals surface area contributed by atoms with E-state index in [-0.39, 0.29) is 23.1 Å². The molecule has 0 saturated carbocycles. The van der Waals surface area contributed by atoms with Crippen LogP contribution in [0.2, 0.25) is 0 Å². The lowest BCUT2D eigenvalue weighted by molar-refractivity contribution is -0.384. The number of carbonyl (C=O) groups excluding carboxylic acids is 1. The van der Waals surface area contributed by atoms with Crippen LogP contribution in [0.5, 0.6) is 11.5 Å². The maximum absolute atomic E-state index is 11.8. The minimum atomic E-state index is -0.456. The zero-order valence-electron chi connectivity index (χ0n) is 14.9. The van der Waals surface area contributed by atoms with Gasteiger partial charge in [-0.3, -0.25) is 14.9 Å². The highest BCUT2D eigenvalue weighted by Gasteiger charge is 2.06. The van der Waals surface area contributed by atoms with Crippen LogP contribution in [-0.4, -0.2) is 34.5 Å². The smallest absolute Gasteiger partial charge is 0.269 e. The van der Waals surface area contributed by atoms with Crippen LogP contribution >= 0.6 is 11.8 Å². The van der Waals surface area contributed by atoms with Crippen LogP contribution in [0.1, 0.15) is 11.1 Å². The fourth-order valence-corrected chi connectivity index (χ4v) is 2.84. The molecule has 8 nitrogen and oxygen atoms in total. The Morgan fingerprint density at radius 2 is 2.07 bits per heavy atom. The van der Waals surface area contributed by atoms with Gasteiger partial charge >= 0.3 is 0 Å². The van der Waals surface area contributed by atoms with E-state index < -0.39 is 4.92 Å². The molecule has 28 heavy (non-hydrogen) atoms. The highest BCUT2D eigenvalue weighted by atomic mass is 32.2. The van der Waals surface area contributed by atoms with E-state index in [4.69, 9.17) is 4.74 Å². The van der Waals surface area contributed by atoms with E-state index in [0.717, 1.165) is 5.56 Å². The number of amides is 1. The van der Waals surface area contributed by atoms with Crippen LogP contribution in [0.15, 0.2) is 60.2 Å². The van der Waals surface area contributed by atoms with Gasteiger partial charge in [0, 0.05) is 29.5 Å². The van der Waals surface area contributed by atoms with Gasteiger partial charge in [-0.25, -0.2) is 5.43 Å². The normalized spacial score (nSPS) is 10.6. The number of non-ortho nitro benzene ring substituents is 1. The van der Waals surface area contributed by atoms with Crippen molar-refractivity contribution in [2.24, 2.45) is 5.10 Å². The Hall–Kier alpha value is -3.33. The Morgan fingerprint density at radius 3 is 2.71 bits per heavy atom. The molecular weight excluding hydrogens is 382 g/mol. The van der Waals surface area contributed by atoms with Crippen molar-refractivity contribution in [3.05, 3.63) is 76.4 Å². The van der Waals surface area contributed by atoms with E-state index in [1.165, 1.54) is 36.2 Å². The van der Waals surface area contributed by atoms with Crippen molar-refractivity contribution in [2.45, 2.75) is 5.75 Å². The van der Waals surface area contributed by atoms with Gasteiger partial charge in [-0.15, -0.1) is 11.8 Å². The molecule has 0 aliphatic carbocycles. The summed E-state index contributed by atoms with van der Waals surface area (Å²) < 4.78 is 5.30. The molecule has 9 heteroatoms. The molecule has 0 bridgehead atoms. The fourth-order valence-electron chi connectivity index (χ4n) is 2.06. The molecule has 2 aromatic carbocycles. The van der Waals surface area contributed by atoms with Gasteiger partial charge in [0.1, 0.15) is 18.1 Å². The lowest BCUT2D eigenvalue weighted by Gasteiger charge is -2.05. The van der Waals surface area contributed by atoms with Crippen LogP contribution in [0.25, 0.3) is 0 Å². The first-order chi connectivity index (χ1) is 13.5. The highest BCUT2D eigenvalue weighted by Crippen LogP contribution is 2.22. The number of nitrogens with zero attached hydrogens (tertiary/aromatic N) is 2. The second kappa shape index (κ2) is 10.7. The van der Waals surface area contributed by atoms with Crippen molar-refractivity contribution in [2.75, 3.05) is 12.4 Å². The van der Waals surface area contributed by atoms with E-state index in [2.05, 4.69) is 17.1 Å². The zero-order valence-corrected chi connectivity index (χ0v) is 15.7. The molecular formula is C19H19N3O5S. The molecule has 1 amide bonds. The lowest BCUT2D eigenvalue weighted by atomic mass is 10.2. The molecule has 0 spiro atoms. The first kappa shape index (κ1) is 21.0.